The molecule has 2 heterocycles. The Morgan fingerprint density at radius 2 is 1.96 bits per heavy atom. The zero-order valence-electron chi connectivity index (χ0n) is 14.7. The van der Waals surface area contributed by atoms with E-state index in [4.69, 9.17) is 4.74 Å². The first kappa shape index (κ1) is 17.6. The predicted molar refractivity (Wildman–Crippen MR) is 97.3 cm³/mol. The number of pyridine rings is 1. The maximum atomic E-state index is 12.1. The third-order valence-corrected chi connectivity index (χ3v) is 3.92. The molecule has 0 saturated carbocycles. The van der Waals surface area contributed by atoms with Crippen molar-refractivity contribution in [1.82, 2.24) is 20.1 Å². The summed E-state index contributed by atoms with van der Waals surface area (Å²) in [6.07, 6.45) is 1.71. The maximum absolute atomic E-state index is 12.1. The predicted octanol–water partition coefficient (Wildman–Crippen LogP) is 2.09. The largest absolute Gasteiger partial charge is 0.465 e. The molecule has 7 nitrogen and oxygen atoms in total. The van der Waals surface area contributed by atoms with Gasteiger partial charge in [-0.3, -0.25) is 9.59 Å². The van der Waals surface area contributed by atoms with Crippen molar-refractivity contribution in [1.29, 1.82) is 0 Å². The van der Waals surface area contributed by atoms with Gasteiger partial charge in [0.05, 0.1) is 12.3 Å². The highest BCUT2D eigenvalue weighted by atomic mass is 16.5. The van der Waals surface area contributed by atoms with Crippen molar-refractivity contribution < 1.29 is 14.3 Å². The van der Waals surface area contributed by atoms with E-state index in [1.54, 1.807) is 17.8 Å². The van der Waals surface area contributed by atoms with Crippen molar-refractivity contribution in [3.63, 3.8) is 0 Å². The number of aryl methyl sites for hydroxylation is 1. The number of hydrogen-bond acceptors (Lipinski definition) is 5. The normalized spacial score (nSPS) is 10.7. The average molecular weight is 352 g/mol. The van der Waals surface area contributed by atoms with Crippen LogP contribution in [0.3, 0.4) is 0 Å². The van der Waals surface area contributed by atoms with Crippen molar-refractivity contribution in [2.75, 3.05) is 13.2 Å². The number of carbonyl (C=O) groups excluding carboxylic acids is 2. The summed E-state index contributed by atoms with van der Waals surface area (Å²) in [5.41, 5.74) is 3.51. The Hall–Kier alpha value is -3.22. The van der Waals surface area contributed by atoms with Gasteiger partial charge in [0.15, 0.2) is 5.65 Å². The minimum atomic E-state index is -0.466. The Bertz CT molecular complexity index is 935. The van der Waals surface area contributed by atoms with E-state index in [9.17, 15) is 9.59 Å². The minimum Gasteiger partial charge on any atom is -0.465 e. The SMILES string of the molecule is CCOC(=O)CNC(=O)Cn1nc(C)c2c(-c3ccccc3)ccnc21. The van der Waals surface area contributed by atoms with E-state index in [0.29, 0.717) is 5.65 Å². The van der Waals surface area contributed by atoms with Gasteiger partial charge in [-0.15, -0.1) is 0 Å². The van der Waals surface area contributed by atoms with Gasteiger partial charge in [0.25, 0.3) is 0 Å². The van der Waals surface area contributed by atoms with Gasteiger partial charge in [-0.25, -0.2) is 9.67 Å². The molecule has 0 radical (unpaired) electrons. The summed E-state index contributed by atoms with van der Waals surface area (Å²) in [6, 6.07) is 11.9. The van der Waals surface area contributed by atoms with Crippen molar-refractivity contribution in [2.45, 2.75) is 20.4 Å². The Morgan fingerprint density at radius 1 is 1.19 bits per heavy atom. The van der Waals surface area contributed by atoms with Crippen LogP contribution in [0.2, 0.25) is 0 Å². The van der Waals surface area contributed by atoms with Crippen LogP contribution < -0.4 is 5.32 Å². The lowest BCUT2D eigenvalue weighted by Gasteiger charge is -2.06. The Kier molecular flexibility index (Phi) is 5.26. The van der Waals surface area contributed by atoms with E-state index < -0.39 is 5.97 Å². The fraction of sp³-hybridized carbons (Fsp3) is 0.263. The number of fused-ring (bicyclic) bond motifs is 1. The number of amides is 1. The highest BCUT2D eigenvalue weighted by molar-refractivity contribution is 5.95. The van der Waals surface area contributed by atoms with Gasteiger partial charge in [0.2, 0.25) is 5.91 Å². The number of aromatic nitrogens is 3. The van der Waals surface area contributed by atoms with E-state index >= 15 is 0 Å². The summed E-state index contributed by atoms with van der Waals surface area (Å²) in [6.45, 7) is 3.71. The lowest BCUT2D eigenvalue weighted by molar-refractivity contribution is -0.143. The quantitative estimate of drug-likeness (QED) is 0.687. The number of ether oxygens (including phenoxy) is 1. The molecule has 3 aromatic rings. The molecule has 1 amide bonds. The highest BCUT2D eigenvalue weighted by Crippen LogP contribution is 2.29. The van der Waals surface area contributed by atoms with Crippen LogP contribution in [0.4, 0.5) is 0 Å². The van der Waals surface area contributed by atoms with Crippen molar-refractivity contribution >= 4 is 22.9 Å². The third-order valence-electron chi connectivity index (χ3n) is 3.92. The molecule has 0 unspecified atom stereocenters. The minimum absolute atomic E-state index is 0.0189. The van der Waals surface area contributed by atoms with E-state index in [2.05, 4.69) is 15.4 Å². The molecule has 0 fully saturated rings. The molecule has 0 atom stereocenters. The molecule has 134 valence electrons. The molecular weight excluding hydrogens is 332 g/mol. The van der Waals surface area contributed by atoms with E-state index in [-0.39, 0.29) is 25.6 Å². The second kappa shape index (κ2) is 7.77. The molecule has 0 bridgehead atoms. The standard InChI is InChI=1S/C19H20N4O3/c1-3-26-17(25)11-21-16(24)12-23-19-18(13(2)22-23)15(9-10-20-19)14-7-5-4-6-8-14/h4-10H,3,11-12H2,1-2H3,(H,21,24). The molecule has 0 aliphatic rings. The van der Waals surface area contributed by atoms with Crippen molar-refractivity contribution in [3.8, 4) is 11.1 Å². The summed E-state index contributed by atoms with van der Waals surface area (Å²) >= 11 is 0. The zero-order chi connectivity index (χ0) is 18.5. The number of hydrogen-bond donors (Lipinski definition) is 1. The average Bonchev–Trinajstić information content (AvgIpc) is 2.97. The first-order valence-corrected chi connectivity index (χ1v) is 8.40. The summed E-state index contributed by atoms with van der Waals surface area (Å²) in [5, 5.41) is 7.90. The first-order chi connectivity index (χ1) is 12.6. The number of rotatable bonds is 6. The highest BCUT2D eigenvalue weighted by Gasteiger charge is 2.16. The third kappa shape index (κ3) is 3.72. The molecule has 3 rings (SSSR count). The Labute approximate surface area is 151 Å². The van der Waals surface area contributed by atoms with E-state index in [1.165, 1.54) is 0 Å². The fourth-order valence-electron chi connectivity index (χ4n) is 2.82. The van der Waals surface area contributed by atoms with Gasteiger partial charge in [-0.2, -0.15) is 5.10 Å². The van der Waals surface area contributed by atoms with Crippen molar-refractivity contribution in [3.05, 3.63) is 48.3 Å². The number of nitrogens with zero attached hydrogens (tertiary/aromatic N) is 3. The van der Waals surface area contributed by atoms with Crippen LogP contribution in [0, 0.1) is 6.92 Å². The van der Waals surface area contributed by atoms with Gasteiger partial charge in [0, 0.05) is 11.6 Å². The lowest BCUT2D eigenvalue weighted by atomic mass is 10.0. The number of carbonyl (C=O) groups is 2. The Morgan fingerprint density at radius 3 is 2.69 bits per heavy atom. The van der Waals surface area contributed by atoms with Gasteiger partial charge >= 0.3 is 5.97 Å². The topological polar surface area (TPSA) is 86.1 Å². The van der Waals surface area contributed by atoms with Crippen molar-refractivity contribution in [2.24, 2.45) is 0 Å². The summed E-state index contributed by atoms with van der Waals surface area (Å²) in [4.78, 5) is 27.9. The maximum Gasteiger partial charge on any atom is 0.325 e. The molecule has 7 heteroatoms. The van der Waals surface area contributed by atoms with E-state index in [1.807, 2.05) is 43.3 Å². The Balaban J connectivity index is 1.85. The van der Waals surface area contributed by atoms with E-state index in [0.717, 1.165) is 22.2 Å². The smallest absolute Gasteiger partial charge is 0.325 e. The molecule has 1 N–H and O–H groups in total. The molecule has 26 heavy (non-hydrogen) atoms. The van der Waals surface area contributed by atoms with Crippen LogP contribution in [-0.2, 0) is 20.9 Å². The van der Waals surface area contributed by atoms with Crippen LogP contribution in [0.15, 0.2) is 42.6 Å². The van der Waals surface area contributed by atoms with Crippen LogP contribution in [0.5, 0.6) is 0 Å². The molecule has 0 spiro atoms. The van der Waals surface area contributed by atoms with Gasteiger partial charge < -0.3 is 10.1 Å². The second-order valence-corrected chi connectivity index (χ2v) is 5.75. The number of esters is 1. The lowest BCUT2D eigenvalue weighted by Crippen LogP contribution is -2.33. The first-order valence-electron chi connectivity index (χ1n) is 8.40. The molecule has 0 aliphatic heterocycles. The van der Waals surface area contributed by atoms with Crippen LogP contribution >= 0.6 is 0 Å². The summed E-state index contributed by atoms with van der Waals surface area (Å²) in [7, 11) is 0. The molecule has 2 aromatic heterocycles. The second-order valence-electron chi connectivity index (χ2n) is 5.75. The van der Waals surface area contributed by atoms with Gasteiger partial charge in [0.1, 0.15) is 13.1 Å². The number of benzene rings is 1. The molecule has 0 aliphatic carbocycles. The molecule has 1 aromatic carbocycles. The summed E-state index contributed by atoms with van der Waals surface area (Å²) in [5.74, 6) is -0.791. The van der Waals surface area contributed by atoms with Gasteiger partial charge in [-0.1, -0.05) is 30.3 Å². The van der Waals surface area contributed by atoms with Crippen LogP contribution in [0.1, 0.15) is 12.6 Å². The number of nitrogens with one attached hydrogen (secondary N) is 1. The molecule has 0 saturated heterocycles. The van der Waals surface area contributed by atoms with Crippen LogP contribution in [-0.4, -0.2) is 39.8 Å². The zero-order valence-corrected chi connectivity index (χ0v) is 14.7. The monoisotopic (exact) mass is 352 g/mol. The summed E-state index contributed by atoms with van der Waals surface area (Å²) < 4.78 is 6.35. The van der Waals surface area contributed by atoms with Gasteiger partial charge in [-0.05, 0) is 31.0 Å². The fourth-order valence-corrected chi connectivity index (χ4v) is 2.82. The van der Waals surface area contributed by atoms with Crippen LogP contribution in [0.25, 0.3) is 22.2 Å². The molecular formula is C19H20N4O3.